The van der Waals surface area contributed by atoms with Gasteiger partial charge in [0.15, 0.2) is 0 Å². The Bertz CT molecular complexity index is 148. The molecule has 10 heavy (non-hydrogen) atoms. The third-order valence-electron chi connectivity index (χ3n) is 3.30. The largest absolute Gasteiger partial charge is 0.390 e. The molecule has 2 heterocycles. The number of aliphatic hydroxyl groups is 1. The molecule has 2 aliphatic heterocycles. The first kappa shape index (κ1) is 6.62. The first-order valence-electron chi connectivity index (χ1n) is 3.99. The molecular formula is C8H15NO. The van der Waals surface area contributed by atoms with Crippen molar-refractivity contribution in [2.75, 3.05) is 6.54 Å². The molecule has 0 amide bonds. The summed E-state index contributed by atoms with van der Waals surface area (Å²) in [5.41, 5.74) is -0.259. The van der Waals surface area contributed by atoms with E-state index in [9.17, 15) is 5.11 Å². The van der Waals surface area contributed by atoms with E-state index in [1.165, 1.54) is 12.8 Å². The van der Waals surface area contributed by atoms with Gasteiger partial charge in [-0.25, -0.2) is 0 Å². The molecule has 0 radical (unpaired) electrons. The Morgan fingerprint density at radius 2 is 2.10 bits per heavy atom. The van der Waals surface area contributed by atoms with Crippen LogP contribution in [-0.4, -0.2) is 23.3 Å². The van der Waals surface area contributed by atoms with Crippen LogP contribution in [0.15, 0.2) is 0 Å². The van der Waals surface area contributed by atoms with Crippen LogP contribution >= 0.6 is 0 Å². The molecule has 2 bridgehead atoms. The molecule has 3 aliphatic rings. The van der Waals surface area contributed by atoms with Crippen molar-refractivity contribution in [1.29, 1.82) is 0 Å². The van der Waals surface area contributed by atoms with Gasteiger partial charge in [-0.15, -0.1) is 0 Å². The van der Waals surface area contributed by atoms with Crippen molar-refractivity contribution in [3.05, 3.63) is 0 Å². The lowest BCUT2D eigenvalue weighted by Crippen LogP contribution is -2.50. The smallest absolute Gasteiger partial charge is 0.0661 e. The molecule has 0 atom stereocenters. The summed E-state index contributed by atoms with van der Waals surface area (Å²) in [6.07, 6.45) is 2.35. The van der Waals surface area contributed by atoms with Crippen LogP contribution in [0.25, 0.3) is 0 Å². The lowest BCUT2D eigenvalue weighted by atomic mass is 9.61. The zero-order valence-electron chi connectivity index (χ0n) is 6.65. The molecule has 0 aromatic rings. The van der Waals surface area contributed by atoms with E-state index in [4.69, 9.17) is 0 Å². The highest BCUT2D eigenvalue weighted by Crippen LogP contribution is 2.53. The second kappa shape index (κ2) is 1.56. The van der Waals surface area contributed by atoms with Crippen molar-refractivity contribution in [3.8, 4) is 0 Å². The highest BCUT2D eigenvalue weighted by molar-refractivity contribution is 5.12. The van der Waals surface area contributed by atoms with Crippen molar-refractivity contribution in [3.63, 3.8) is 0 Å². The van der Waals surface area contributed by atoms with Gasteiger partial charge in [0.1, 0.15) is 0 Å². The van der Waals surface area contributed by atoms with Crippen LogP contribution in [0.1, 0.15) is 26.7 Å². The Labute approximate surface area is 61.6 Å². The Morgan fingerprint density at radius 3 is 2.30 bits per heavy atom. The SMILES string of the molecule is CC(C)(O)C12CNC(C1)C2. The molecule has 2 N–H and O–H groups in total. The summed E-state index contributed by atoms with van der Waals surface area (Å²) in [6, 6.07) is 0.714. The van der Waals surface area contributed by atoms with Gasteiger partial charge in [-0.1, -0.05) is 0 Å². The van der Waals surface area contributed by atoms with Crippen LogP contribution < -0.4 is 5.32 Å². The molecule has 0 aromatic carbocycles. The van der Waals surface area contributed by atoms with E-state index in [-0.39, 0.29) is 5.41 Å². The summed E-state index contributed by atoms with van der Waals surface area (Å²) in [4.78, 5) is 0. The quantitative estimate of drug-likeness (QED) is 0.557. The van der Waals surface area contributed by atoms with E-state index in [1.807, 2.05) is 13.8 Å². The Balaban J connectivity index is 2.18. The third kappa shape index (κ3) is 0.611. The maximum absolute atomic E-state index is 9.77. The Hall–Kier alpha value is -0.0800. The van der Waals surface area contributed by atoms with Crippen molar-refractivity contribution in [2.24, 2.45) is 5.41 Å². The molecule has 0 aromatic heterocycles. The maximum atomic E-state index is 9.77. The standard InChI is InChI=1S/C8H15NO/c1-7(2,10)8-3-6(4-8)9-5-8/h6,9-10H,3-5H2,1-2H3. The Morgan fingerprint density at radius 1 is 1.50 bits per heavy atom. The maximum Gasteiger partial charge on any atom is 0.0661 e. The van der Waals surface area contributed by atoms with E-state index in [0.29, 0.717) is 6.04 Å². The fourth-order valence-corrected chi connectivity index (χ4v) is 2.23. The fraction of sp³-hybridized carbons (Fsp3) is 1.00. The molecule has 3 rings (SSSR count). The van der Waals surface area contributed by atoms with Gasteiger partial charge >= 0.3 is 0 Å². The first-order chi connectivity index (χ1) is 4.54. The van der Waals surface area contributed by atoms with Gasteiger partial charge in [0.25, 0.3) is 0 Å². The topological polar surface area (TPSA) is 32.3 Å². The second-order valence-corrected chi connectivity index (χ2v) is 4.33. The average Bonchev–Trinajstić information content (AvgIpc) is 2.08. The lowest BCUT2D eigenvalue weighted by Gasteiger charge is -2.46. The number of rotatable bonds is 1. The van der Waals surface area contributed by atoms with Gasteiger partial charge in [-0.05, 0) is 26.7 Å². The van der Waals surface area contributed by atoms with Gasteiger partial charge in [-0.2, -0.15) is 0 Å². The molecule has 58 valence electrons. The van der Waals surface area contributed by atoms with Crippen molar-refractivity contribution in [1.82, 2.24) is 5.32 Å². The summed E-state index contributed by atoms with van der Waals surface area (Å²) in [7, 11) is 0. The molecule has 0 spiro atoms. The number of nitrogens with one attached hydrogen (secondary N) is 1. The average molecular weight is 141 g/mol. The number of fused-ring (bicyclic) bond motifs is 1. The second-order valence-electron chi connectivity index (χ2n) is 4.33. The minimum absolute atomic E-state index is 0.220. The minimum Gasteiger partial charge on any atom is -0.390 e. The summed E-state index contributed by atoms with van der Waals surface area (Å²) >= 11 is 0. The minimum atomic E-state index is -0.479. The van der Waals surface area contributed by atoms with Gasteiger partial charge < -0.3 is 10.4 Å². The predicted octanol–water partition coefficient (Wildman–Crippen LogP) is 0.509. The molecule has 3 fully saturated rings. The molecule has 1 aliphatic carbocycles. The van der Waals surface area contributed by atoms with Crippen molar-refractivity contribution in [2.45, 2.75) is 38.3 Å². The van der Waals surface area contributed by atoms with Crippen LogP contribution in [0.3, 0.4) is 0 Å². The van der Waals surface area contributed by atoms with Gasteiger partial charge in [0.2, 0.25) is 0 Å². The van der Waals surface area contributed by atoms with Crippen LogP contribution in [0.4, 0.5) is 0 Å². The van der Waals surface area contributed by atoms with Crippen molar-refractivity contribution >= 4 is 0 Å². The molecular weight excluding hydrogens is 126 g/mol. The third-order valence-corrected chi connectivity index (χ3v) is 3.30. The zero-order valence-corrected chi connectivity index (χ0v) is 6.65. The highest BCUT2D eigenvalue weighted by atomic mass is 16.3. The van der Waals surface area contributed by atoms with Crippen LogP contribution in [0.5, 0.6) is 0 Å². The number of hydrogen-bond acceptors (Lipinski definition) is 2. The van der Waals surface area contributed by atoms with Crippen LogP contribution in [-0.2, 0) is 0 Å². The van der Waals surface area contributed by atoms with E-state index in [0.717, 1.165) is 6.54 Å². The predicted molar refractivity (Wildman–Crippen MR) is 39.8 cm³/mol. The summed E-state index contributed by atoms with van der Waals surface area (Å²) in [6.45, 7) is 4.87. The zero-order chi connectivity index (χ0) is 7.41. The normalized spacial score (nSPS) is 45.3. The molecule has 0 unspecified atom stereocenters. The van der Waals surface area contributed by atoms with Gasteiger partial charge in [0.05, 0.1) is 5.60 Å². The Kier molecular flexibility index (Phi) is 1.03. The summed E-state index contributed by atoms with van der Waals surface area (Å²) < 4.78 is 0. The summed E-state index contributed by atoms with van der Waals surface area (Å²) in [5, 5.41) is 13.2. The van der Waals surface area contributed by atoms with Crippen LogP contribution in [0, 0.1) is 5.41 Å². The number of hydrogen-bond donors (Lipinski definition) is 2. The van der Waals surface area contributed by atoms with Gasteiger partial charge in [0, 0.05) is 18.0 Å². The fourth-order valence-electron chi connectivity index (χ4n) is 2.23. The molecule has 2 saturated heterocycles. The van der Waals surface area contributed by atoms with Gasteiger partial charge in [-0.3, -0.25) is 0 Å². The molecule has 1 saturated carbocycles. The summed E-state index contributed by atoms with van der Waals surface area (Å²) in [5.74, 6) is 0. The highest BCUT2D eigenvalue weighted by Gasteiger charge is 2.57. The van der Waals surface area contributed by atoms with E-state index in [2.05, 4.69) is 5.32 Å². The monoisotopic (exact) mass is 141 g/mol. The first-order valence-corrected chi connectivity index (χ1v) is 3.99. The molecule has 2 nitrogen and oxygen atoms in total. The van der Waals surface area contributed by atoms with E-state index < -0.39 is 5.60 Å². The molecule has 2 heteroatoms. The lowest BCUT2D eigenvalue weighted by molar-refractivity contribution is -0.0754. The van der Waals surface area contributed by atoms with Crippen molar-refractivity contribution < 1.29 is 5.11 Å². The van der Waals surface area contributed by atoms with E-state index >= 15 is 0 Å². The van der Waals surface area contributed by atoms with Crippen LogP contribution in [0.2, 0.25) is 0 Å². The van der Waals surface area contributed by atoms with E-state index in [1.54, 1.807) is 0 Å².